The summed E-state index contributed by atoms with van der Waals surface area (Å²) in [6, 6.07) is 8.11. The van der Waals surface area contributed by atoms with E-state index in [-0.39, 0.29) is 18.0 Å². The molecule has 0 amide bonds. The first-order valence-corrected chi connectivity index (χ1v) is 15.4. The largest absolute Gasteiger partial charge is 0.340 e. The fourth-order valence-corrected chi connectivity index (χ4v) is 7.54. The fourth-order valence-electron chi connectivity index (χ4n) is 7.54. The van der Waals surface area contributed by atoms with E-state index < -0.39 is 29.9 Å². The summed E-state index contributed by atoms with van der Waals surface area (Å²) in [5.41, 5.74) is 1.35. The van der Waals surface area contributed by atoms with Crippen molar-refractivity contribution in [2.24, 2.45) is 28.2 Å². The average molecular weight is 595 g/mol. The van der Waals surface area contributed by atoms with Gasteiger partial charge in [0.25, 0.3) is 5.56 Å². The number of fused-ring (bicyclic) bond motifs is 3. The number of guanidine groups is 1. The Kier molecular flexibility index (Phi) is 8.00. The summed E-state index contributed by atoms with van der Waals surface area (Å²) in [4.78, 5) is 25.5. The summed E-state index contributed by atoms with van der Waals surface area (Å²) in [7, 11) is 0. The number of halogens is 3. The minimum Gasteiger partial charge on any atom is -0.340 e. The van der Waals surface area contributed by atoms with Crippen molar-refractivity contribution in [1.82, 2.24) is 19.8 Å². The molecule has 1 aliphatic heterocycles. The van der Waals surface area contributed by atoms with E-state index in [1.807, 2.05) is 12.1 Å². The number of rotatable bonds is 6. The molecule has 10 heteroatoms. The molecule has 3 aliphatic carbocycles. The van der Waals surface area contributed by atoms with E-state index in [1.54, 1.807) is 6.07 Å². The Morgan fingerprint density at radius 2 is 2.00 bits per heavy atom. The van der Waals surface area contributed by atoms with Gasteiger partial charge < -0.3 is 15.5 Å². The van der Waals surface area contributed by atoms with Gasteiger partial charge in [0.05, 0.1) is 29.3 Å². The maximum absolute atomic E-state index is 14.3. The summed E-state index contributed by atoms with van der Waals surface area (Å²) >= 11 is 0. The average Bonchev–Trinajstić information content (AvgIpc) is 2.97. The van der Waals surface area contributed by atoms with Gasteiger partial charge in [-0.25, -0.2) is 23.1 Å². The molecule has 6 atom stereocenters. The normalized spacial score (nSPS) is 27.6. The van der Waals surface area contributed by atoms with Gasteiger partial charge in [0, 0.05) is 37.4 Å². The zero-order valence-electron chi connectivity index (χ0n) is 25.3. The van der Waals surface area contributed by atoms with Crippen molar-refractivity contribution >= 4 is 22.5 Å². The first kappa shape index (κ1) is 29.7. The molecule has 1 unspecified atom stereocenters. The number of hydrogen-bond donors (Lipinski definition) is 2. The van der Waals surface area contributed by atoms with Gasteiger partial charge in [-0.15, -0.1) is 0 Å². The van der Waals surface area contributed by atoms with Crippen LogP contribution in [-0.2, 0) is 6.42 Å². The lowest BCUT2D eigenvalue weighted by Gasteiger charge is -2.61. The molecule has 2 bridgehead atoms. The summed E-state index contributed by atoms with van der Waals surface area (Å²) in [5.74, 6) is 1.25. The Morgan fingerprint density at radius 3 is 2.70 bits per heavy atom. The predicted molar refractivity (Wildman–Crippen MR) is 164 cm³/mol. The van der Waals surface area contributed by atoms with Crippen LogP contribution in [0.1, 0.15) is 52.1 Å². The number of hydrogen-bond acceptors (Lipinski definition) is 4. The first-order chi connectivity index (χ1) is 20.5. The first-order valence-electron chi connectivity index (χ1n) is 15.4. The zero-order chi connectivity index (χ0) is 30.5. The highest BCUT2D eigenvalue weighted by molar-refractivity contribution is 5.96. The molecule has 43 heavy (non-hydrogen) atoms. The van der Waals surface area contributed by atoms with Crippen molar-refractivity contribution in [3.8, 4) is 0 Å². The smallest absolute Gasteiger partial charge is 0.261 e. The molecule has 3 aromatic rings. The van der Waals surface area contributed by atoms with Crippen LogP contribution in [0.15, 0.2) is 52.5 Å². The lowest BCUT2D eigenvalue weighted by Crippen LogP contribution is -2.57. The molecule has 2 N–H and O–H groups in total. The van der Waals surface area contributed by atoms with Gasteiger partial charge in [-0.3, -0.25) is 9.36 Å². The summed E-state index contributed by atoms with van der Waals surface area (Å²) in [5, 5.41) is 7.40. The second-order valence-electron chi connectivity index (χ2n) is 13.3. The minimum atomic E-state index is -0.968. The lowest BCUT2D eigenvalue weighted by molar-refractivity contribution is -0.108. The number of benzene rings is 2. The molecule has 0 spiro atoms. The van der Waals surface area contributed by atoms with E-state index in [0.29, 0.717) is 40.1 Å². The third-order valence-corrected chi connectivity index (χ3v) is 10.4. The van der Waals surface area contributed by atoms with Crippen LogP contribution in [-0.4, -0.2) is 58.8 Å². The molecule has 4 aliphatic rings. The third kappa shape index (κ3) is 5.66. The Hall–Kier alpha value is -3.40. The summed E-state index contributed by atoms with van der Waals surface area (Å²) in [6.45, 7) is 11.0. The number of nitrogens with zero attached hydrogens (tertiary/aromatic N) is 4. The van der Waals surface area contributed by atoms with Gasteiger partial charge in [0.2, 0.25) is 0 Å². The molecule has 7 nitrogen and oxygen atoms in total. The Labute approximate surface area is 250 Å². The Bertz CT molecular complexity index is 1590. The van der Waals surface area contributed by atoms with E-state index in [9.17, 15) is 18.0 Å². The van der Waals surface area contributed by atoms with E-state index in [0.717, 1.165) is 49.8 Å². The molecule has 3 saturated carbocycles. The van der Waals surface area contributed by atoms with Crippen molar-refractivity contribution < 1.29 is 13.2 Å². The SMILES string of the molecule is C[C@@H]1C(/N=C(/Nc2ccc3c(=O)n([C@H](CF)Cc4ccc(F)cc4F)cnc3c2)N2CCN[C@@H](C)C2)C[C@H]2C[C@@H]1C2(C)C. The number of nitrogens with one attached hydrogen (secondary N) is 2. The zero-order valence-corrected chi connectivity index (χ0v) is 25.3. The second-order valence-corrected chi connectivity index (χ2v) is 13.3. The standard InChI is InChI=1S/C33H41F3N6O/c1-19-17-41(10-9-37-19)32(40-29-13-22-12-27(20(29)2)33(22,3)4)39-24-7-8-26-30(15-24)38-18-42(31(26)43)25(16-34)11-21-5-6-23(35)14-28(21)36/h5-8,14-15,18-20,22,25,27,29,37H,9-13,16-17H2,1-4H3,(H,39,40)/t19-,20-,22+,25-,27-,29?/m0/s1. The van der Waals surface area contributed by atoms with Gasteiger partial charge in [0.15, 0.2) is 5.96 Å². The van der Waals surface area contributed by atoms with Crippen molar-refractivity contribution in [3.05, 3.63) is 70.3 Å². The van der Waals surface area contributed by atoms with Gasteiger partial charge in [0.1, 0.15) is 18.3 Å². The van der Waals surface area contributed by atoms with Crippen LogP contribution in [0, 0.1) is 34.8 Å². The molecule has 4 fully saturated rings. The topological polar surface area (TPSA) is 74.5 Å². The Balaban J connectivity index is 1.27. The van der Waals surface area contributed by atoms with E-state index in [2.05, 4.69) is 48.2 Å². The van der Waals surface area contributed by atoms with Gasteiger partial charge in [-0.05, 0) is 79.2 Å². The van der Waals surface area contributed by atoms with Crippen LogP contribution in [0.2, 0.25) is 0 Å². The fraction of sp³-hybridized carbons (Fsp3) is 0.545. The van der Waals surface area contributed by atoms with Gasteiger partial charge in [-0.1, -0.05) is 26.8 Å². The maximum Gasteiger partial charge on any atom is 0.261 e. The number of aromatic nitrogens is 2. The number of anilines is 1. The molecular formula is C33H41F3N6O. The second kappa shape index (κ2) is 11.6. The highest BCUT2D eigenvalue weighted by atomic mass is 19.1. The van der Waals surface area contributed by atoms with Crippen molar-refractivity contribution in [2.45, 2.75) is 65.1 Å². The molecule has 7 rings (SSSR count). The van der Waals surface area contributed by atoms with Gasteiger partial charge in [-0.2, -0.15) is 0 Å². The Morgan fingerprint density at radius 1 is 1.19 bits per heavy atom. The predicted octanol–water partition coefficient (Wildman–Crippen LogP) is 5.56. The summed E-state index contributed by atoms with van der Waals surface area (Å²) < 4.78 is 42.9. The highest BCUT2D eigenvalue weighted by Crippen LogP contribution is 2.61. The van der Waals surface area contributed by atoms with Crippen LogP contribution in [0.25, 0.3) is 10.9 Å². The van der Waals surface area contributed by atoms with Crippen molar-refractivity contribution in [2.75, 3.05) is 31.6 Å². The number of piperazine rings is 1. The molecule has 230 valence electrons. The molecular weight excluding hydrogens is 553 g/mol. The molecule has 2 heterocycles. The van der Waals surface area contributed by atoms with Crippen LogP contribution in [0.5, 0.6) is 0 Å². The van der Waals surface area contributed by atoms with E-state index in [4.69, 9.17) is 4.99 Å². The van der Waals surface area contributed by atoms with Crippen LogP contribution >= 0.6 is 0 Å². The van der Waals surface area contributed by atoms with E-state index >= 15 is 0 Å². The van der Waals surface area contributed by atoms with Crippen molar-refractivity contribution in [1.29, 1.82) is 0 Å². The van der Waals surface area contributed by atoms with Crippen LogP contribution in [0.3, 0.4) is 0 Å². The third-order valence-electron chi connectivity index (χ3n) is 10.4. The quantitative estimate of drug-likeness (QED) is 0.289. The number of alkyl halides is 1. The minimum absolute atomic E-state index is 0.100. The molecule has 1 aromatic heterocycles. The lowest BCUT2D eigenvalue weighted by atomic mass is 9.45. The van der Waals surface area contributed by atoms with Gasteiger partial charge >= 0.3 is 0 Å². The highest BCUT2D eigenvalue weighted by Gasteiger charge is 2.56. The summed E-state index contributed by atoms with van der Waals surface area (Å²) in [6.07, 6.45) is 3.60. The molecule has 2 aromatic carbocycles. The van der Waals surface area contributed by atoms with E-state index in [1.165, 1.54) is 23.4 Å². The monoisotopic (exact) mass is 594 g/mol. The van der Waals surface area contributed by atoms with Crippen LogP contribution < -0.4 is 16.2 Å². The molecule has 0 radical (unpaired) electrons. The maximum atomic E-state index is 14.3. The number of aliphatic imine (C=N–C) groups is 1. The molecule has 1 saturated heterocycles. The van der Waals surface area contributed by atoms with Crippen LogP contribution in [0.4, 0.5) is 18.9 Å². The van der Waals surface area contributed by atoms with Crippen molar-refractivity contribution in [3.63, 3.8) is 0 Å².